The Hall–Kier alpha value is -2.76. The molecule has 0 aliphatic carbocycles. The van der Waals surface area contributed by atoms with Crippen LogP contribution in [0.1, 0.15) is 22.5 Å². The Kier molecular flexibility index (Phi) is 4.29. The molecule has 0 amide bonds. The van der Waals surface area contributed by atoms with Crippen LogP contribution in [0.4, 0.5) is 14.6 Å². The first-order valence-corrected chi connectivity index (χ1v) is 7.63. The minimum atomic E-state index is -0.638. The summed E-state index contributed by atoms with van der Waals surface area (Å²) in [6.07, 6.45) is 1.74. The molecule has 2 aromatic heterocycles. The van der Waals surface area contributed by atoms with E-state index in [1.165, 1.54) is 16.8 Å². The summed E-state index contributed by atoms with van der Waals surface area (Å²) in [6, 6.07) is 7.36. The first-order chi connectivity index (χ1) is 11.5. The molecule has 0 radical (unpaired) electrons. The Balaban J connectivity index is 1.89. The molecule has 1 N–H and O–H groups in total. The number of nitrogens with one attached hydrogen (secondary N) is 1. The smallest absolute Gasteiger partial charge is 0.151 e. The van der Waals surface area contributed by atoms with Crippen LogP contribution in [-0.2, 0) is 6.54 Å². The molecule has 3 rings (SSSR count). The maximum atomic E-state index is 14.0. The molecule has 124 valence electrons. The van der Waals surface area contributed by atoms with E-state index in [1.54, 1.807) is 6.20 Å². The number of pyridine rings is 1. The summed E-state index contributed by atoms with van der Waals surface area (Å²) < 4.78 is 28.6. The zero-order chi connectivity index (χ0) is 17.3. The standard InChI is InChI=1S/C18H18F2N4/c1-11-6-7-21-18(8-11)22-10-15-12(2)23-24(13(15)3)17-5-4-14(19)9-16(17)20/h4-9H,10H2,1-3H3,(H,21,22). The SMILES string of the molecule is Cc1ccnc(NCc2c(C)nn(-c3ccc(F)cc3F)c2C)c1. The fraction of sp³-hybridized carbons (Fsp3) is 0.222. The minimum Gasteiger partial charge on any atom is -0.366 e. The monoisotopic (exact) mass is 328 g/mol. The molecule has 0 saturated heterocycles. The van der Waals surface area contributed by atoms with Crippen molar-refractivity contribution in [1.82, 2.24) is 14.8 Å². The molecular weight excluding hydrogens is 310 g/mol. The van der Waals surface area contributed by atoms with Gasteiger partial charge < -0.3 is 5.32 Å². The van der Waals surface area contributed by atoms with E-state index < -0.39 is 11.6 Å². The van der Waals surface area contributed by atoms with Gasteiger partial charge in [-0.05, 0) is 50.6 Å². The fourth-order valence-electron chi connectivity index (χ4n) is 2.63. The van der Waals surface area contributed by atoms with E-state index >= 15 is 0 Å². The Morgan fingerprint density at radius 2 is 1.88 bits per heavy atom. The second-order valence-corrected chi connectivity index (χ2v) is 5.73. The molecule has 24 heavy (non-hydrogen) atoms. The largest absolute Gasteiger partial charge is 0.366 e. The summed E-state index contributed by atoms with van der Waals surface area (Å²) in [5.74, 6) is -0.472. The topological polar surface area (TPSA) is 42.7 Å². The van der Waals surface area contributed by atoms with Crippen molar-refractivity contribution in [3.05, 3.63) is 70.7 Å². The van der Waals surface area contributed by atoms with Crippen molar-refractivity contribution in [3.8, 4) is 5.69 Å². The van der Waals surface area contributed by atoms with Gasteiger partial charge in [-0.2, -0.15) is 5.10 Å². The van der Waals surface area contributed by atoms with Crippen LogP contribution in [0, 0.1) is 32.4 Å². The van der Waals surface area contributed by atoms with Crippen LogP contribution in [0.3, 0.4) is 0 Å². The van der Waals surface area contributed by atoms with Gasteiger partial charge in [0.1, 0.15) is 17.3 Å². The molecule has 4 nitrogen and oxygen atoms in total. The van der Waals surface area contributed by atoms with Gasteiger partial charge in [0.15, 0.2) is 5.82 Å². The molecule has 0 fully saturated rings. The van der Waals surface area contributed by atoms with Crippen LogP contribution >= 0.6 is 0 Å². The lowest BCUT2D eigenvalue weighted by atomic mass is 10.2. The second-order valence-electron chi connectivity index (χ2n) is 5.73. The highest BCUT2D eigenvalue weighted by Gasteiger charge is 2.15. The van der Waals surface area contributed by atoms with Crippen LogP contribution < -0.4 is 5.32 Å². The molecule has 0 aliphatic rings. The number of benzene rings is 1. The number of aryl methyl sites for hydroxylation is 2. The lowest BCUT2D eigenvalue weighted by molar-refractivity contribution is 0.572. The fourth-order valence-corrected chi connectivity index (χ4v) is 2.63. The summed E-state index contributed by atoms with van der Waals surface area (Å²) in [5.41, 5.74) is 3.90. The number of anilines is 1. The van der Waals surface area contributed by atoms with Crippen molar-refractivity contribution < 1.29 is 8.78 Å². The van der Waals surface area contributed by atoms with E-state index in [1.807, 2.05) is 32.9 Å². The molecular formula is C18H18F2N4. The van der Waals surface area contributed by atoms with Gasteiger partial charge in [-0.1, -0.05) is 0 Å². The van der Waals surface area contributed by atoms with Crippen molar-refractivity contribution in [3.63, 3.8) is 0 Å². The zero-order valence-electron chi connectivity index (χ0n) is 13.8. The highest BCUT2D eigenvalue weighted by molar-refractivity contribution is 5.42. The predicted octanol–water partition coefficient (Wildman–Crippen LogP) is 4.08. The average Bonchev–Trinajstić information content (AvgIpc) is 2.80. The van der Waals surface area contributed by atoms with Gasteiger partial charge >= 0.3 is 0 Å². The Morgan fingerprint density at radius 1 is 1.08 bits per heavy atom. The van der Waals surface area contributed by atoms with Gasteiger partial charge in [0.25, 0.3) is 0 Å². The van der Waals surface area contributed by atoms with Crippen LogP contribution in [0.5, 0.6) is 0 Å². The van der Waals surface area contributed by atoms with E-state index in [0.29, 0.717) is 6.54 Å². The number of nitrogens with zero attached hydrogens (tertiary/aromatic N) is 3. The van der Waals surface area contributed by atoms with E-state index in [-0.39, 0.29) is 5.69 Å². The predicted molar refractivity (Wildman–Crippen MR) is 89.3 cm³/mol. The molecule has 2 heterocycles. The summed E-state index contributed by atoms with van der Waals surface area (Å²) in [5, 5.41) is 7.65. The molecule has 0 aliphatic heterocycles. The van der Waals surface area contributed by atoms with Crippen LogP contribution in [-0.4, -0.2) is 14.8 Å². The third-order valence-electron chi connectivity index (χ3n) is 3.94. The average molecular weight is 328 g/mol. The quantitative estimate of drug-likeness (QED) is 0.784. The maximum absolute atomic E-state index is 14.0. The van der Waals surface area contributed by atoms with Crippen molar-refractivity contribution in [2.75, 3.05) is 5.32 Å². The van der Waals surface area contributed by atoms with Crippen molar-refractivity contribution in [2.24, 2.45) is 0 Å². The zero-order valence-corrected chi connectivity index (χ0v) is 13.8. The number of hydrogen-bond acceptors (Lipinski definition) is 3. The maximum Gasteiger partial charge on any atom is 0.151 e. The Labute approximate surface area is 139 Å². The van der Waals surface area contributed by atoms with Crippen LogP contribution in [0.15, 0.2) is 36.5 Å². The van der Waals surface area contributed by atoms with Gasteiger partial charge in [-0.15, -0.1) is 0 Å². The van der Waals surface area contributed by atoms with Crippen LogP contribution in [0.2, 0.25) is 0 Å². The van der Waals surface area contributed by atoms with Gasteiger partial charge in [-0.3, -0.25) is 0 Å². The highest BCUT2D eigenvalue weighted by atomic mass is 19.1. The number of hydrogen-bond donors (Lipinski definition) is 1. The van der Waals surface area contributed by atoms with Crippen molar-refractivity contribution in [1.29, 1.82) is 0 Å². The number of halogens is 2. The normalized spacial score (nSPS) is 10.9. The third-order valence-corrected chi connectivity index (χ3v) is 3.94. The molecule has 0 saturated carbocycles. The summed E-state index contributed by atoms with van der Waals surface area (Å²) in [4.78, 5) is 4.26. The summed E-state index contributed by atoms with van der Waals surface area (Å²) in [7, 11) is 0. The summed E-state index contributed by atoms with van der Waals surface area (Å²) >= 11 is 0. The molecule has 0 atom stereocenters. The van der Waals surface area contributed by atoms with Gasteiger partial charge in [0.05, 0.1) is 5.69 Å². The molecule has 3 aromatic rings. The van der Waals surface area contributed by atoms with Gasteiger partial charge in [0.2, 0.25) is 0 Å². The lowest BCUT2D eigenvalue weighted by Crippen LogP contribution is -2.05. The molecule has 1 aromatic carbocycles. The second kappa shape index (κ2) is 6.39. The van der Waals surface area contributed by atoms with Crippen LogP contribution in [0.25, 0.3) is 5.69 Å². The first-order valence-electron chi connectivity index (χ1n) is 7.63. The molecule has 6 heteroatoms. The third kappa shape index (κ3) is 3.13. The first kappa shape index (κ1) is 16.1. The molecule has 0 bridgehead atoms. The molecule has 0 unspecified atom stereocenters. The highest BCUT2D eigenvalue weighted by Crippen LogP contribution is 2.21. The summed E-state index contributed by atoms with van der Waals surface area (Å²) in [6.45, 7) is 6.25. The van der Waals surface area contributed by atoms with Gasteiger partial charge in [-0.25, -0.2) is 18.4 Å². The Morgan fingerprint density at radius 3 is 2.58 bits per heavy atom. The minimum absolute atomic E-state index is 0.233. The number of aromatic nitrogens is 3. The lowest BCUT2D eigenvalue weighted by Gasteiger charge is -2.08. The Bertz CT molecular complexity index is 887. The van der Waals surface area contributed by atoms with E-state index in [2.05, 4.69) is 15.4 Å². The molecule has 0 spiro atoms. The van der Waals surface area contributed by atoms with E-state index in [4.69, 9.17) is 0 Å². The van der Waals surface area contributed by atoms with E-state index in [0.717, 1.165) is 34.4 Å². The van der Waals surface area contributed by atoms with Crippen molar-refractivity contribution >= 4 is 5.82 Å². The number of rotatable bonds is 4. The van der Waals surface area contributed by atoms with Gasteiger partial charge in [0, 0.05) is 30.1 Å². The van der Waals surface area contributed by atoms with E-state index in [9.17, 15) is 8.78 Å². The van der Waals surface area contributed by atoms with Crippen molar-refractivity contribution in [2.45, 2.75) is 27.3 Å².